The molecule has 0 fully saturated rings. The van der Waals surface area contributed by atoms with E-state index in [1.807, 2.05) is 24.3 Å². The van der Waals surface area contributed by atoms with Crippen LogP contribution in [0.2, 0.25) is 0 Å². The lowest BCUT2D eigenvalue weighted by Gasteiger charge is -2.20. The Morgan fingerprint density at radius 1 is 1.15 bits per heavy atom. The van der Waals surface area contributed by atoms with Gasteiger partial charge in [0, 0.05) is 24.7 Å². The molecule has 1 heterocycles. The monoisotopic (exact) mass is 457 g/mol. The molecule has 0 aliphatic heterocycles. The minimum absolute atomic E-state index is 0.0323. The van der Waals surface area contributed by atoms with E-state index in [2.05, 4.69) is 15.6 Å². The highest BCUT2D eigenvalue weighted by atomic mass is 19.1. The molecular weight excluding hydrogens is 429 g/mol. The van der Waals surface area contributed by atoms with Crippen molar-refractivity contribution in [3.05, 3.63) is 59.9 Å². The number of fused-ring (bicyclic) bond motifs is 1. The molecule has 0 spiro atoms. The van der Waals surface area contributed by atoms with Gasteiger partial charge in [0.1, 0.15) is 29.2 Å². The second kappa shape index (κ2) is 10.7. The van der Waals surface area contributed by atoms with Crippen molar-refractivity contribution in [3.8, 4) is 11.5 Å². The summed E-state index contributed by atoms with van der Waals surface area (Å²) in [7, 11) is 1.62. The van der Waals surface area contributed by atoms with Gasteiger partial charge in [-0.05, 0) is 50.6 Å². The third kappa shape index (κ3) is 7.41. The average Bonchev–Trinajstić information content (AvgIpc) is 3.19. The molecule has 2 N–H and O–H groups in total. The van der Waals surface area contributed by atoms with Crippen molar-refractivity contribution in [1.82, 2.24) is 10.3 Å². The maximum Gasteiger partial charge on any atom is 0.407 e. The molecule has 9 heteroatoms. The van der Waals surface area contributed by atoms with Crippen molar-refractivity contribution in [1.29, 1.82) is 0 Å². The minimum atomic E-state index is -0.630. The summed E-state index contributed by atoms with van der Waals surface area (Å²) in [6, 6.07) is 13.2. The third-order valence-corrected chi connectivity index (χ3v) is 4.40. The highest BCUT2D eigenvalue weighted by Crippen LogP contribution is 2.24. The second-order valence-electron chi connectivity index (χ2n) is 8.26. The number of rotatable bonds is 9. The lowest BCUT2D eigenvalue weighted by molar-refractivity contribution is 0.0531. The highest BCUT2D eigenvalue weighted by Gasteiger charge is 2.16. The van der Waals surface area contributed by atoms with Gasteiger partial charge in [-0.25, -0.2) is 9.18 Å². The van der Waals surface area contributed by atoms with Crippen LogP contribution in [0.4, 0.5) is 15.2 Å². The van der Waals surface area contributed by atoms with E-state index < -0.39 is 11.7 Å². The summed E-state index contributed by atoms with van der Waals surface area (Å²) >= 11 is 0. The zero-order valence-corrected chi connectivity index (χ0v) is 19.1. The van der Waals surface area contributed by atoms with Gasteiger partial charge in [-0.3, -0.25) is 0 Å². The number of aromatic nitrogens is 1. The summed E-state index contributed by atoms with van der Waals surface area (Å²) < 4.78 is 34.9. The number of ether oxygens (including phenoxy) is 3. The summed E-state index contributed by atoms with van der Waals surface area (Å²) in [6.07, 6.45) is -0.217. The first-order valence-electron chi connectivity index (χ1n) is 10.4. The number of oxazole rings is 1. The van der Waals surface area contributed by atoms with E-state index in [-0.39, 0.29) is 18.7 Å². The molecular formula is C24H28FN3O5. The van der Waals surface area contributed by atoms with E-state index in [0.29, 0.717) is 35.7 Å². The van der Waals surface area contributed by atoms with Gasteiger partial charge in [0.05, 0.1) is 13.4 Å². The van der Waals surface area contributed by atoms with Crippen LogP contribution in [0.15, 0.2) is 58.8 Å². The molecule has 3 aromatic rings. The number of carbonyl (C=O) groups excluding carboxylic acids is 1. The zero-order valence-electron chi connectivity index (χ0n) is 19.1. The van der Waals surface area contributed by atoms with Crippen LogP contribution in [0, 0.1) is 0 Å². The zero-order chi connectivity index (χ0) is 23.8. The maximum atomic E-state index is 13.2. The Balaban J connectivity index is 1.53. The number of halogens is 1. The number of amides is 1. The van der Waals surface area contributed by atoms with Crippen LogP contribution in [0.3, 0.4) is 0 Å². The molecule has 1 amide bonds. The largest absolute Gasteiger partial charge is 0.497 e. The van der Waals surface area contributed by atoms with Crippen LogP contribution in [-0.4, -0.2) is 36.9 Å². The van der Waals surface area contributed by atoms with Crippen molar-refractivity contribution in [2.24, 2.45) is 0 Å². The van der Waals surface area contributed by atoms with Crippen molar-refractivity contribution < 1.29 is 27.8 Å². The van der Waals surface area contributed by atoms with Crippen LogP contribution >= 0.6 is 0 Å². The Labute approximate surface area is 191 Å². The van der Waals surface area contributed by atoms with Gasteiger partial charge in [-0.15, -0.1) is 0 Å². The van der Waals surface area contributed by atoms with Gasteiger partial charge in [0.2, 0.25) is 0 Å². The molecule has 1 aromatic heterocycles. The van der Waals surface area contributed by atoms with Crippen LogP contribution in [0.5, 0.6) is 11.5 Å². The average molecular weight is 458 g/mol. The second-order valence-corrected chi connectivity index (χ2v) is 8.26. The summed E-state index contributed by atoms with van der Waals surface area (Å²) in [5, 5.41) is 5.64. The van der Waals surface area contributed by atoms with Crippen molar-refractivity contribution in [2.75, 3.05) is 25.6 Å². The molecule has 3 rings (SSSR count). The Morgan fingerprint density at radius 2 is 1.88 bits per heavy atom. The molecule has 0 saturated heterocycles. The van der Waals surface area contributed by atoms with E-state index in [4.69, 9.17) is 18.6 Å². The Bertz CT molecular complexity index is 1100. The summed E-state index contributed by atoms with van der Waals surface area (Å²) in [5.41, 5.74) is 1.86. The lowest BCUT2D eigenvalue weighted by Crippen LogP contribution is -2.34. The quantitative estimate of drug-likeness (QED) is 0.456. The number of benzene rings is 2. The third-order valence-electron chi connectivity index (χ3n) is 4.40. The van der Waals surface area contributed by atoms with Gasteiger partial charge in [0.15, 0.2) is 5.58 Å². The first-order valence-corrected chi connectivity index (χ1v) is 10.4. The molecule has 0 unspecified atom stereocenters. The molecule has 0 aliphatic rings. The lowest BCUT2D eigenvalue weighted by atomic mass is 10.2. The number of methoxy groups -OCH3 is 1. The number of carbonyl (C=O) groups is 1. The van der Waals surface area contributed by atoms with Crippen molar-refractivity contribution >= 4 is 23.2 Å². The molecule has 0 radical (unpaired) electrons. The number of nitrogens with zero attached hydrogens (tertiary/aromatic N) is 1. The van der Waals surface area contributed by atoms with Crippen LogP contribution in [-0.2, 0) is 11.3 Å². The number of nitrogens with one attached hydrogen (secondary N) is 2. The summed E-state index contributed by atoms with van der Waals surface area (Å²) in [5.74, 6) is 1.27. The molecule has 0 atom stereocenters. The number of hydrogen-bond donors (Lipinski definition) is 2. The van der Waals surface area contributed by atoms with E-state index >= 15 is 0 Å². The van der Waals surface area contributed by atoms with E-state index in [1.54, 1.807) is 46.1 Å². The smallest absolute Gasteiger partial charge is 0.407 e. The van der Waals surface area contributed by atoms with Gasteiger partial charge < -0.3 is 29.3 Å². The maximum absolute atomic E-state index is 13.2. The molecule has 0 saturated carbocycles. The van der Waals surface area contributed by atoms with Gasteiger partial charge in [0.25, 0.3) is 6.01 Å². The van der Waals surface area contributed by atoms with Gasteiger partial charge in [-0.1, -0.05) is 12.1 Å². The van der Waals surface area contributed by atoms with Crippen molar-refractivity contribution in [3.63, 3.8) is 0 Å². The van der Waals surface area contributed by atoms with Crippen LogP contribution < -0.4 is 20.1 Å². The summed E-state index contributed by atoms with van der Waals surface area (Å²) in [6.45, 7) is 5.71. The molecule has 176 valence electrons. The van der Waals surface area contributed by atoms with Crippen molar-refractivity contribution in [2.45, 2.75) is 32.9 Å². The standard InChI is InChI=1S/C24H28FN3O5/c1-24(2,3)33-23(29)27-14-17(12-25)15-31-19-9-10-20-21(11-19)32-22(28-20)26-13-16-5-7-18(30-4)8-6-16/h5-12H,13-15H2,1-4H3,(H,26,28)(H,27,29)/b17-12+. The highest BCUT2D eigenvalue weighted by molar-refractivity contribution is 5.76. The van der Waals surface area contributed by atoms with Crippen LogP contribution in [0.1, 0.15) is 26.3 Å². The number of anilines is 1. The fraction of sp³-hybridized carbons (Fsp3) is 0.333. The molecule has 33 heavy (non-hydrogen) atoms. The van der Waals surface area contributed by atoms with E-state index in [0.717, 1.165) is 11.3 Å². The van der Waals surface area contributed by atoms with Gasteiger partial charge in [-0.2, -0.15) is 4.98 Å². The Morgan fingerprint density at radius 3 is 2.55 bits per heavy atom. The van der Waals surface area contributed by atoms with E-state index in [1.165, 1.54) is 0 Å². The normalized spacial score (nSPS) is 11.8. The fourth-order valence-electron chi connectivity index (χ4n) is 2.79. The Kier molecular flexibility index (Phi) is 7.76. The minimum Gasteiger partial charge on any atom is -0.497 e. The van der Waals surface area contributed by atoms with E-state index in [9.17, 15) is 9.18 Å². The van der Waals surface area contributed by atoms with Crippen LogP contribution in [0.25, 0.3) is 11.1 Å². The SMILES string of the molecule is COc1ccc(CNc2nc3ccc(OC/C(=C/F)CNC(=O)OC(C)(C)C)cc3o2)cc1. The number of alkyl carbamates (subject to hydrolysis) is 1. The molecule has 2 aromatic carbocycles. The predicted octanol–water partition coefficient (Wildman–Crippen LogP) is 5.21. The predicted molar refractivity (Wildman–Crippen MR) is 123 cm³/mol. The first-order chi connectivity index (χ1) is 15.8. The number of hydrogen-bond acceptors (Lipinski definition) is 7. The summed E-state index contributed by atoms with van der Waals surface area (Å²) in [4.78, 5) is 16.1. The molecule has 0 bridgehead atoms. The topological polar surface area (TPSA) is 94.8 Å². The Hall–Kier alpha value is -3.75. The van der Waals surface area contributed by atoms with Gasteiger partial charge >= 0.3 is 6.09 Å². The molecule has 0 aliphatic carbocycles. The first kappa shape index (κ1) is 23.9. The molecule has 8 nitrogen and oxygen atoms in total. The fourth-order valence-corrected chi connectivity index (χ4v) is 2.79.